The molecule has 0 saturated carbocycles. The second kappa shape index (κ2) is 4.78. The number of amides is 1. The van der Waals surface area contributed by atoms with Crippen LogP contribution in [-0.2, 0) is 0 Å². The Kier molecular flexibility index (Phi) is 3.34. The summed E-state index contributed by atoms with van der Waals surface area (Å²) in [5.41, 5.74) is 1.71. The molecular formula is C12H11ClFN3O. The zero-order valence-corrected chi connectivity index (χ0v) is 10.6. The molecule has 1 amide bonds. The number of hydrogen-bond donors (Lipinski definition) is 2. The van der Waals surface area contributed by atoms with E-state index in [9.17, 15) is 9.18 Å². The Bertz CT molecular complexity index is 570. The number of aromatic amines is 1. The Labute approximate surface area is 108 Å². The number of benzene rings is 1. The van der Waals surface area contributed by atoms with Crippen LogP contribution in [0.1, 0.15) is 21.7 Å². The number of H-pyrrole nitrogens is 1. The predicted molar refractivity (Wildman–Crippen MR) is 67.4 cm³/mol. The molecule has 94 valence electrons. The first kappa shape index (κ1) is 12.6. The highest BCUT2D eigenvalue weighted by atomic mass is 35.5. The summed E-state index contributed by atoms with van der Waals surface area (Å²) < 4.78 is 13.6. The van der Waals surface area contributed by atoms with E-state index in [1.54, 1.807) is 13.8 Å². The first-order valence-electron chi connectivity index (χ1n) is 5.27. The lowest BCUT2D eigenvalue weighted by molar-refractivity contribution is 0.102. The maximum absolute atomic E-state index is 13.6. The fraction of sp³-hybridized carbons (Fsp3) is 0.167. The van der Waals surface area contributed by atoms with Gasteiger partial charge in [0.15, 0.2) is 0 Å². The first-order chi connectivity index (χ1) is 8.50. The highest BCUT2D eigenvalue weighted by Crippen LogP contribution is 2.22. The summed E-state index contributed by atoms with van der Waals surface area (Å²) in [7, 11) is 0. The summed E-state index contributed by atoms with van der Waals surface area (Å²) >= 11 is 5.82. The molecule has 2 N–H and O–H groups in total. The van der Waals surface area contributed by atoms with Crippen molar-refractivity contribution in [3.8, 4) is 0 Å². The molecule has 0 aliphatic carbocycles. The highest BCUT2D eigenvalue weighted by molar-refractivity contribution is 6.34. The largest absolute Gasteiger partial charge is 0.319 e. The fourth-order valence-electron chi connectivity index (χ4n) is 1.63. The molecule has 1 aromatic heterocycles. The monoisotopic (exact) mass is 267 g/mol. The lowest BCUT2D eigenvalue weighted by Crippen LogP contribution is -2.15. The van der Waals surface area contributed by atoms with Crippen LogP contribution in [0, 0.1) is 19.7 Å². The van der Waals surface area contributed by atoms with E-state index < -0.39 is 11.7 Å². The van der Waals surface area contributed by atoms with Gasteiger partial charge >= 0.3 is 0 Å². The van der Waals surface area contributed by atoms with Crippen molar-refractivity contribution in [2.24, 2.45) is 0 Å². The standard InChI is InChI=1S/C12H11ClFN3O/c1-6-11(7(2)17-16-6)15-12(18)10-8(13)4-3-5-9(10)14/h3-5H,1-2H3,(H,15,18)(H,16,17). The van der Waals surface area contributed by atoms with Crippen LogP contribution < -0.4 is 5.32 Å². The molecule has 0 fully saturated rings. The van der Waals surface area contributed by atoms with Crippen LogP contribution in [0.2, 0.25) is 5.02 Å². The van der Waals surface area contributed by atoms with Crippen molar-refractivity contribution in [1.29, 1.82) is 0 Å². The van der Waals surface area contributed by atoms with E-state index >= 15 is 0 Å². The lowest BCUT2D eigenvalue weighted by atomic mass is 10.2. The van der Waals surface area contributed by atoms with Crippen molar-refractivity contribution in [2.75, 3.05) is 5.32 Å². The molecular weight excluding hydrogens is 257 g/mol. The van der Waals surface area contributed by atoms with Gasteiger partial charge in [-0.3, -0.25) is 9.89 Å². The number of rotatable bonds is 2. The van der Waals surface area contributed by atoms with Crippen molar-refractivity contribution in [1.82, 2.24) is 10.2 Å². The van der Waals surface area contributed by atoms with Crippen LogP contribution >= 0.6 is 11.6 Å². The summed E-state index contributed by atoms with van der Waals surface area (Å²) in [6.45, 7) is 3.50. The average molecular weight is 268 g/mol. The zero-order valence-electron chi connectivity index (χ0n) is 9.84. The normalized spacial score (nSPS) is 10.4. The van der Waals surface area contributed by atoms with Crippen molar-refractivity contribution in [3.63, 3.8) is 0 Å². The maximum atomic E-state index is 13.6. The lowest BCUT2D eigenvalue weighted by Gasteiger charge is -2.07. The van der Waals surface area contributed by atoms with Crippen LogP contribution in [0.3, 0.4) is 0 Å². The van der Waals surface area contributed by atoms with Gasteiger partial charge in [-0.2, -0.15) is 5.10 Å². The maximum Gasteiger partial charge on any atom is 0.260 e. The zero-order chi connectivity index (χ0) is 13.3. The van der Waals surface area contributed by atoms with Crippen molar-refractivity contribution < 1.29 is 9.18 Å². The summed E-state index contributed by atoms with van der Waals surface area (Å²) in [5, 5.41) is 9.35. The van der Waals surface area contributed by atoms with E-state index in [-0.39, 0.29) is 10.6 Å². The quantitative estimate of drug-likeness (QED) is 0.878. The van der Waals surface area contributed by atoms with Crippen LogP contribution in [0.25, 0.3) is 0 Å². The minimum Gasteiger partial charge on any atom is -0.319 e. The van der Waals surface area contributed by atoms with Gasteiger partial charge in [0.25, 0.3) is 5.91 Å². The molecule has 0 bridgehead atoms. The number of anilines is 1. The number of nitrogens with one attached hydrogen (secondary N) is 2. The Hall–Kier alpha value is -1.88. The van der Waals surface area contributed by atoms with Crippen molar-refractivity contribution >= 4 is 23.2 Å². The number of carbonyl (C=O) groups excluding carboxylic acids is 1. The van der Waals surface area contributed by atoms with Gasteiger partial charge in [0, 0.05) is 0 Å². The molecule has 4 nitrogen and oxygen atoms in total. The van der Waals surface area contributed by atoms with Gasteiger partial charge in [0.1, 0.15) is 5.82 Å². The number of nitrogens with zero attached hydrogens (tertiary/aromatic N) is 1. The van der Waals surface area contributed by atoms with E-state index in [2.05, 4.69) is 15.5 Å². The minimum absolute atomic E-state index is 0.0753. The molecule has 1 heterocycles. The molecule has 0 radical (unpaired) electrons. The molecule has 0 saturated heterocycles. The topological polar surface area (TPSA) is 57.8 Å². The second-order valence-corrected chi connectivity index (χ2v) is 4.27. The first-order valence-corrected chi connectivity index (χ1v) is 5.65. The Morgan fingerprint density at radius 1 is 1.44 bits per heavy atom. The van der Waals surface area contributed by atoms with E-state index in [0.717, 1.165) is 0 Å². The van der Waals surface area contributed by atoms with Crippen molar-refractivity contribution in [3.05, 3.63) is 46.0 Å². The van der Waals surface area contributed by atoms with Crippen LogP contribution in [-0.4, -0.2) is 16.1 Å². The van der Waals surface area contributed by atoms with Crippen LogP contribution in [0.4, 0.5) is 10.1 Å². The summed E-state index contributed by atoms with van der Waals surface area (Å²) in [5.74, 6) is -1.25. The Morgan fingerprint density at radius 2 is 2.17 bits per heavy atom. The third kappa shape index (κ3) is 2.22. The van der Waals surface area contributed by atoms with Gasteiger partial charge in [0.05, 0.1) is 27.7 Å². The minimum atomic E-state index is -0.654. The van der Waals surface area contributed by atoms with Gasteiger partial charge in [-0.1, -0.05) is 17.7 Å². The number of halogens is 2. The van der Waals surface area contributed by atoms with Gasteiger partial charge in [-0.15, -0.1) is 0 Å². The smallest absolute Gasteiger partial charge is 0.260 e. The van der Waals surface area contributed by atoms with Gasteiger partial charge in [0.2, 0.25) is 0 Å². The van der Waals surface area contributed by atoms with Gasteiger partial charge in [-0.05, 0) is 26.0 Å². The van der Waals surface area contributed by atoms with Gasteiger partial charge < -0.3 is 5.32 Å². The molecule has 18 heavy (non-hydrogen) atoms. The van der Waals surface area contributed by atoms with E-state index in [1.807, 2.05) is 0 Å². The second-order valence-electron chi connectivity index (χ2n) is 3.86. The number of hydrogen-bond acceptors (Lipinski definition) is 2. The Morgan fingerprint density at radius 3 is 2.72 bits per heavy atom. The van der Waals surface area contributed by atoms with Crippen LogP contribution in [0.15, 0.2) is 18.2 Å². The number of carbonyl (C=O) groups is 1. The molecule has 0 unspecified atom stereocenters. The summed E-state index contributed by atoms with van der Waals surface area (Å²) in [4.78, 5) is 12.0. The van der Waals surface area contributed by atoms with E-state index in [1.165, 1.54) is 18.2 Å². The van der Waals surface area contributed by atoms with Crippen LogP contribution in [0.5, 0.6) is 0 Å². The van der Waals surface area contributed by atoms with Crippen molar-refractivity contribution in [2.45, 2.75) is 13.8 Å². The molecule has 1 aromatic carbocycles. The SMILES string of the molecule is Cc1n[nH]c(C)c1NC(=O)c1c(F)cccc1Cl. The molecule has 0 spiro atoms. The average Bonchev–Trinajstić information content (AvgIpc) is 2.60. The third-order valence-corrected chi connectivity index (χ3v) is 2.87. The fourth-order valence-corrected chi connectivity index (χ4v) is 1.87. The molecule has 0 aliphatic rings. The molecule has 6 heteroatoms. The Balaban J connectivity index is 2.34. The summed E-state index contributed by atoms with van der Waals surface area (Å²) in [6.07, 6.45) is 0. The van der Waals surface area contributed by atoms with E-state index in [4.69, 9.17) is 11.6 Å². The van der Waals surface area contributed by atoms with Gasteiger partial charge in [-0.25, -0.2) is 4.39 Å². The number of aryl methyl sites for hydroxylation is 2. The van der Waals surface area contributed by atoms with E-state index in [0.29, 0.717) is 17.1 Å². The number of aromatic nitrogens is 2. The third-order valence-electron chi connectivity index (χ3n) is 2.56. The molecule has 0 atom stereocenters. The summed E-state index contributed by atoms with van der Waals surface area (Å²) in [6, 6.07) is 4.10. The predicted octanol–water partition coefficient (Wildman–Crippen LogP) is 3.07. The molecule has 0 aliphatic heterocycles. The molecule has 2 rings (SSSR count). The highest BCUT2D eigenvalue weighted by Gasteiger charge is 2.18. The molecule has 2 aromatic rings.